The van der Waals surface area contributed by atoms with Crippen LogP contribution < -0.4 is 4.90 Å². The van der Waals surface area contributed by atoms with Crippen LogP contribution in [0.5, 0.6) is 0 Å². The summed E-state index contributed by atoms with van der Waals surface area (Å²) in [6.07, 6.45) is 6.59. The summed E-state index contributed by atoms with van der Waals surface area (Å²) in [6, 6.07) is 8.77. The molecule has 2 aromatic rings. The number of hydrogen-bond donors (Lipinski definition) is 0. The Morgan fingerprint density at radius 1 is 1.29 bits per heavy atom. The highest BCUT2D eigenvalue weighted by atomic mass is 16.5. The van der Waals surface area contributed by atoms with Crippen molar-refractivity contribution in [2.45, 2.75) is 38.2 Å². The molecule has 112 valence electrons. The van der Waals surface area contributed by atoms with Crippen LogP contribution in [0.4, 0.5) is 6.01 Å². The number of benzene rings is 1. The van der Waals surface area contributed by atoms with Gasteiger partial charge in [-0.1, -0.05) is 18.6 Å². The predicted molar refractivity (Wildman–Crippen MR) is 82.5 cm³/mol. The fraction of sp³-hybridized carbons (Fsp3) is 0.588. The molecule has 0 bridgehead atoms. The Hall–Kier alpha value is -1.55. The minimum Gasteiger partial charge on any atom is -0.423 e. The molecule has 4 nitrogen and oxygen atoms in total. The SMILES string of the molecule is CO[C@@H]1CCC[C@@]12CCCN(c1nc3ccccc3o1)C2. The minimum atomic E-state index is 0.299. The number of ether oxygens (including phenoxy) is 1. The van der Waals surface area contributed by atoms with E-state index in [1.54, 1.807) is 0 Å². The zero-order valence-electron chi connectivity index (χ0n) is 12.5. The Labute approximate surface area is 125 Å². The summed E-state index contributed by atoms with van der Waals surface area (Å²) in [5, 5.41) is 0. The lowest BCUT2D eigenvalue weighted by Crippen LogP contribution is -2.48. The molecule has 1 aromatic heterocycles. The molecule has 2 fully saturated rings. The predicted octanol–water partition coefficient (Wildman–Crippen LogP) is 3.61. The van der Waals surface area contributed by atoms with Crippen LogP contribution >= 0.6 is 0 Å². The summed E-state index contributed by atoms with van der Waals surface area (Å²) >= 11 is 0. The highest BCUT2D eigenvalue weighted by molar-refractivity contribution is 5.74. The van der Waals surface area contributed by atoms with Crippen molar-refractivity contribution in [2.75, 3.05) is 25.1 Å². The van der Waals surface area contributed by atoms with E-state index in [0.717, 1.165) is 30.2 Å². The lowest BCUT2D eigenvalue weighted by molar-refractivity contribution is 0.00162. The first-order chi connectivity index (χ1) is 10.3. The molecule has 1 saturated carbocycles. The molecule has 1 aliphatic carbocycles. The van der Waals surface area contributed by atoms with E-state index in [1.807, 2.05) is 31.4 Å². The van der Waals surface area contributed by atoms with E-state index in [2.05, 4.69) is 9.88 Å². The second-order valence-corrected chi connectivity index (χ2v) is 6.47. The molecule has 0 amide bonds. The Bertz CT molecular complexity index is 606. The van der Waals surface area contributed by atoms with Gasteiger partial charge in [0.15, 0.2) is 5.58 Å². The largest absolute Gasteiger partial charge is 0.423 e. The molecule has 0 N–H and O–H groups in total. The van der Waals surface area contributed by atoms with E-state index in [4.69, 9.17) is 9.15 Å². The van der Waals surface area contributed by atoms with E-state index in [1.165, 1.54) is 32.1 Å². The number of fused-ring (bicyclic) bond motifs is 1. The smallest absolute Gasteiger partial charge is 0.298 e. The van der Waals surface area contributed by atoms with Crippen molar-refractivity contribution in [3.63, 3.8) is 0 Å². The van der Waals surface area contributed by atoms with Gasteiger partial charge in [-0.05, 0) is 37.8 Å². The number of rotatable bonds is 2. The maximum Gasteiger partial charge on any atom is 0.298 e. The Morgan fingerprint density at radius 3 is 3.00 bits per heavy atom. The average molecular weight is 286 g/mol. The molecule has 4 rings (SSSR count). The standard InChI is InChI=1S/C17H22N2O2/c1-20-15-8-4-9-17(15)10-5-11-19(12-17)16-18-13-6-2-3-7-14(13)21-16/h2-3,6-7,15H,4-5,8-12H2,1H3/t15-,17+/m1/s1. The van der Waals surface area contributed by atoms with E-state index in [9.17, 15) is 0 Å². The third-order valence-corrected chi connectivity index (χ3v) is 5.27. The van der Waals surface area contributed by atoms with Gasteiger partial charge in [-0.25, -0.2) is 0 Å². The van der Waals surface area contributed by atoms with Gasteiger partial charge in [0.05, 0.1) is 6.10 Å². The van der Waals surface area contributed by atoms with E-state index in [0.29, 0.717) is 11.5 Å². The first kappa shape index (κ1) is 13.1. The number of aromatic nitrogens is 1. The summed E-state index contributed by atoms with van der Waals surface area (Å²) in [4.78, 5) is 6.98. The number of nitrogens with zero attached hydrogens (tertiary/aromatic N) is 2. The van der Waals surface area contributed by atoms with Crippen molar-refractivity contribution >= 4 is 17.1 Å². The molecule has 2 aliphatic rings. The quantitative estimate of drug-likeness (QED) is 0.845. The summed E-state index contributed by atoms with van der Waals surface area (Å²) < 4.78 is 11.7. The van der Waals surface area contributed by atoms with Gasteiger partial charge < -0.3 is 14.1 Å². The fourth-order valence-electron chi connectivity index (χ4n) is 4.26. The highest BCUT2D eigenvalue weighted by Crippen LogP contribution is 2.47. The number of para-hydroxylation sites is 2. The molecule has 1 aliphatic heterocycles. The van der Waals surface area contributed by atoms with Gasteiger partial charge in [0.2, 0.25) is 0 Å². The van der Waals surface area contributed by atoms with Crippen molar-refractivity contribution in [3.8, 4) is 0 Å². The van der Waals surface area contributed by atoms with Crippen molar-refractivity contribution < 1.29 is 9.15 Å². The van der Waals surface area contributed by atoms with E-state index in [-0.39, 0.29) is 0 Å². The second-order valence-electron chi connectivity index (χ2n) is 6.47. The molecule has 4 heteroatoms. The van der Waals surface area contributed by atoms with Crippen LogP contribution in [0, 0.1) is 5.41 Å². The van der Waals surface area contributed by atoms with Crippen LogP contribution in [0.3, 0.4) is 0 Å². The number of piperidine rings is 1. The molecule has 0 unspecified atom stereocenters. The molecular weight excluding hydrogens is 264 g/mol. The number of hydrogen-bond acceptors (Lipinski definition) is 4. The second kappa shape index (κ2) is 5.02. The number of oxazole rings is 1. The average Bonchev–Trinajstić information content (AvgIpc) is 3.11. The van der Waals surface area contributed by atoms with Gasteiger partial charge in [0.25, 0.3) is 6.01 Å². The van der Waals surface area contributed by atoms with Gasteiger partial charge in [-0.15, -0.1) is 0 Å². The van der Waals surface area contributed by atoms with Crippen molar-refractivity contribution in [2.24, 2.45) is 5.41 Å². The van der Waals surface area contributed by atoms with Gasteiger partial charge in [0.1, 0.15) is 5.52 Å². The van der Waals surface area contributed by atoms with Gasteiger partial charge >= 0.3 is 0 Å². The first-order valence-electron chi connectivity index (χ1n) is 7.94. The lowest BCUT2D eigenvalue weighted by Gasteiger charge is -2.43. The van der Waals surface area contributed by atoms with E-state index < -0.39 is 0 Å². The highest BCUT2D eigenvalue weighted by Gasteiger charge is 2.46. The van der Waals surface area contributed by atoms with E-state index >= 15 is 0 Å². The monoisotopic (exact) mass is 286 g/mol. The summed E-state index contributed by atoms with van der Waals surface area (Å²) in [6.45, 7) is 2.04. The zero-order valence-corrected chi connectivity index (χ0v) is 12.5. The summed E-state index contributed by atoms with van der Waals surface area (Å²) in [5.74, 6) is 0. The number of anilines is 1. The topological polar surface area (TPSA) is 38.5 Å². The third-order valence-electron chi connectivity index (χ3n) is 5.27. The Kier molecular flexibility index (Phi) is 3.14. The normalized spacial score (nSPS) is 29.6. The van der Waals surface area contributed by atoms with Crippen LogP contribution in [0.15, 0.2) is 28.7 Å². The van der Waals surface area contributed by atoms with Crippen molar-refractivity contribution in [1.29, 1.82) is 0 Å². The molecule has 1 saturated heterocycles. The molecular formula is C17H22N2O2. The Morgan fingerprint density at radius 2 is 2.14 bits per heavy atom. The van der Waals surface area contributed by atoms with Crippen molar-refractivity contribution in [3.05, 3.63) is 24.3 Å². The summed E-state index contributed by atoms with van der Waals surface area (Å²) in [5.41, 5.74) is 2.12. The van der Waals surface area contributed by atoms with Crippen LogP contribution in [0.2, 0.25) is 0 Å². The first-order valence-corrected chi connectivity index (χ1v) is 7.94. The van der Waals surface area contributed by atoms with Crippen LogP contribution in [-0.2, 0) is 4.74 Å². The molecule has 1 aromatic carbocycles. The van der Waals surface area contributed by atoms with Gasteiger partial charge in [0, 0.05) is 25.6 Å². The molecule has 2 heterocycles. The van der Waals surface area contributed by atoms with Gasteiger partial charge in [-0.3, -0.25) is 0 Å². The molecule has 21 heavy (non-hydrogen) atoms. The molecule has 2 atom stereocenters. The molecule has 0 radical (unpaired) electrons. The van der Waals surface area contributed by atoms with Crippen molar-refractivity contribution in [1.82, 2.24) is 4.98 Å². The lowest BCUT2D eigenvalue weighted by atomic mass is 9.76. The Balaban J connectivity index is 1.63. The fourth-order valence-corrected chi connectivity index (χ4v) is 4.26. The van der Waals surface area contributed by atoms with Crippen LogP contribution in [-0.4, -0.2) is 31.3 Å². The maximum absolute atomic E-state index is 5.95. The number of methoxy groups -OCH3 is 1. The van der Waals surface area contributed by atoms with Crippen LogP contribution in [0.25, 0.3) is 11.1 Å². The summed E-state index contributed by atoms with van der Waals surface area (Å²) in [7, 11) is 1.86. The maximum atomic E-state index is 5.95. The minimum absolute atomic E-state index is 0.299. The third kappa shape index (κ3) is 2.13. The molecule has 1 spiro atoms. The van der Waals surface area contributed by atoms with Gasteiger partial charge in [-0.2, -0.15) is 4.98 Å². The zero-order chi connectivity index (χ0) is 14.3. The van der Waals surface area contributed by atoms with Crippen LogP contribution in [0.1, 0.15) is 32.1 Å².